The molecule has 0 saturated carbocycles. The molecule has 0 aromatic rings. The standard InChI is InChI=1S/C15H27NO3/c1-15(2,19-3)6-7-16-12-4-5-13(16)9-11(8-12)10-14(17)18/h11-13H,4-10H2,1-3H3,(H,17,18). The number of methoxy groups -OCH3 is 1. The summed E-state index contributed by atoms with van der Waals surface area (Å²) in [6.07, 6.45) is 6.01. The fourth-order valence-electron chi connectivity index (χ4n) is 3.67. The second kappa shape index (κ2) is 5.80. The molecule has 0 spiro atoms. The van der Waals surface area contributed by atoms with Crippen molar-refractivity contribution >= 4 is 5.97 Å². The minimum absolute atomic E-state index is 0.0582. The van der Waals surface area contributed by atoms with Crippen molar-refractivity contribution in [1.29, 1.82) is 0 Å². The number of hydrogen-bond acceptors (Lipinski definition) is 3. The maximum absolute atomic E-state index is 10.8. The minimum Gasteiger partial charge on any atom is -0.481 e. The number of rotatable bonds is 6. The highest BCUT2D eigenvalue weighted by Gasteiger charge is 2.41. The van der Waals surface area contributed by atoms with Gasteiger partial charge in [-0.3, -0.25) is 9.69 Å². The number of carboxylic acids is 1. The largest absolute Gasteiger partial charge is 0.481 e. The number of ether oxygens (including phenoxy) is 1. The molecule has 2 aliphatic heterocycles. The van der Waals surface area contributed by atoms with E-state index in [4.69, 9.17) is 9.84 Å². The van der Waals surface area contributed by atoms with E-state index in [1.807, 2.05) is 0 Å². The van der Waals surface area contributed by atoms with Gasteiger partial charge in [0, 0.05) is 32.2 Å². The normalized spacial score (nSPS) is 31.6. The number of carbonyl (C=O) groups is 1. The Hall–Kier alpha value is -0.610. The Bertz CT molecular complexity index is 315. The van der Waals surface area contributed by atoms with Crippen molar-refractivity contribution in [3.05, 3.63) is 0 Å². The Labute approximate surface area is 116 Å². The molecule has 0 aromatic heterocycles. The molecule has 2 bridgehead atoms. The Balaban J connectivity index is 1.87. The zero-order chi connectivity index (χ0) is 14.0. The number of aliphatic carboxylic acids is 1. The average Bonchev–Trinajstić information content (AvgIpc) is 2.56. The van der Waals surface area contributed by atoms with Crippen LogP contribution in [0.25, 0.3) is 0 Å². The Morgan fingerprint density at radius 2 is 1.89 bits per heavy atom. The van der Waals surface area contributed by atoms with E-state index in [2.05, 4.69) is 18.7 Å². The molecule has 2 atom stereocenters. The average molecular weight is 269 g/mol. The molecule has 0 aliphatic carbocycles. The highest BCUT2D eigenvalue weighted by molar-refractivity contribution is 5.67. The second-order valence-corrected chi connectivity index (χ2v) is 6.77. The summed E-state index contributed by atoms with van der Waals surface area (Å²) in [5.74, 6) is -0.250. The molecule has 0 aromatic carbocycles. The van der Waals surface area contributed by atoms with Crippen LogP contribution >= 0.6 is 0 Å². The van der Waals surface area contributed by atoms with E-state index in [9.17, 15) is 4.79 Å². The summed E-state index contributed by atoms with van der Waals surface area (Å²) < 4.78 is 5.49. The van der Waals surface area contributed by atoms with Crippen molar-refractivity contribution in [3.8, 4) is 0 Å². The van der Waals surface area contributed by atoms with Crippen LogP contribution in [-0.4, -0.2) is 47.3 Å². The van der Waals surface area contributed by atoms with Crippen molar-refractivity contribution in [2.45, 2.75) is 70.1 Å². The molecule has 4 nitrogen and oxygen atoms in total. The summed E-state index contributed by atoms with van der Waals surface area (Å²) in [5.41, 5.74) is -0.0582. The summed E-state index contributed by atoms with van der Waals surface area (Å²) >= 11 is 0. The Kier molecular flexibility index (Phi) is 4.51. The van der Waals surface area contributed by atoms with Gasteiger partial charge in [0.05, 0.1) is 5.60 Å². The van der Waals surface area contributed by atoms with E-state index in [1.54, 1.807) is 7.11 Å². The number of fused-ring (bicyclic) bond motifs is 2. The molecule has 110 valence electrons. The topological polar surface area (TPSA) is 49.8 Å². The molecule has 2 fully saturated rings. The van der Waals surface area contributed by atoms with Crippen molar-refractivity contribution < 1.29 is 14.6 Å². The summed E-state index contributed by atoms with van der Waals surface area (Å²) in [5, 5.41) is 8.94. The van der Waals surface area contributed by atoms with Gasteiger partial charge in [-0.2, -0.15) is 0 Å². The van der Waals surface area contributed by atoms with Crippen LogP contribution in [0.4, 0.5) is 0 Å². The van der Waals surface area contributed by atoms with Crippen LogP contribution in [0.5, 0.6) is 0 Å². The van der Waals surface area contributed by atoms with Crippen LogP contribution in [0, 0.1) is 5.92 Å². The first-order valence-corrected chi connectivity index (χ1v) is 7.44. The molecule has 2 saturated heterocycles. The zero-order valence-electron chi connectivity index (χ0n) is 12.4. The van der Waals surface area contributed by atoms with Gasteiger partial charge in [0.15, 0.2) is 0 Å². The predicted octanol–water partition coefficient (Wildman–Crippen LogP) is 2.52. The van der Waals surface area contributed by atoms with Gasteiger partial charge < -0.3 is 9.84 Å². The zero-order valence-corrected chi connectivity index (χ0v) is 12.4. The fourth-order valence-corrected chi connectivity index (χ4v) is 3.67. The van der Waals surface area contributed by atoms with Crippen LogP contribution in [0.2, 0.25) is 0 Å². The predicted molar refractivity (Wildman–Crippen MR) is 74.2 cm³/mol. The second-order valence-electron chi connectivity index (χ2n) is 6.77. The van der Waals surface area contributed by atoms with Gasteiger partial charge in [-0.15, -0.1) is 0 Å². The van der Waals surface area contributed by atoms with Crippen LogP contribution in [0.3, 0.4) is 0 Å². The molecule has 1 N–H and O–H groups in total. The lowest BCUT2D eigenvalue weighted by molar-refractivity contribution is -0.138. The molecule has 0 amide bonds. The Morgan fingerprint density at radius 1 is 1.32 bits per heavy atom. The van der Waals surface area contributed by atoms with E-state index in [0.29, 0.717) is 24.4 Å². The highest BCUT2D eigenvalue weighted by Crippen LogP contribution is 2.40. The monoisotopic (exact) mass is 269 g/mol. The molecule has 2 heterocycles. The molecule has 4 heteroatoms. The first-order chi connectivity index (χ1) is 8.91. The van der Waals surface area contributed by atoms with Gasteiger partial charge in [0.25, 0.3) is 0 Å². The third kappa shape index (κ3) is 3.69. The first-order valence-electron chi connectivity index (χ1n) is 7.44. The third-order valence-corrected chi connectivity index (χ3v) is 4.97. The molecule has 2 rings (SSSR count). The number of carboxylic acid groups (broad SMARTS) is 1. The van der Waals surface area contributed by atoms with Gasteiger partial charge in [-0.25, -0.2) is 0 Å². The van der Waals surface area contributed by atoms with Gasteiger partial charge in [-0.05, 0) is 51.9 Å². The summed E-state index contributed by atoms with van der Waals surface area (Å²) in [7, 11) is 1.77. The van der Waals surface area contributed by atoms with Crippen LogP contribution in [-0.2, 0) is 9.53 Å². The molecule has 0 radical (unpaired) electrons. The number of hydrogen-bond donors (Lipinski definition) is 1. The van der Waals surface area contributed by atoms with Gasteiger partial charge >= 0.3 is 5.97 Å². The van der Waals surface area contributed by atoms with E-state index in [0.717, 1.165) is 25.8 Å². The maximum atomic E-state index is 10.8. The Morgan fingerprint density at radius 3 is 2.37 bits per heavy atom. The number of piperidine rings is 1. The molecule has 2 unspecified atom stereocenters. The van der Waals surface area contributed by atoms with Crippen molar-refractivity contribution in [3.63, 3.8) is 0 Å². The van der Waals surface area contributed by atoms with E-state index in [-0.39, 0.29) is 5.60 Å². The van der Waals surface area contributed by atoms with Crippen molar-refractivity contribution in [2.24, 2.45) is 5.92 Å². The lowest BCUT2D eigenvalue weighted by atomic mass is 9.87. The van der Waals surface area contributed by atoms with Crippen molar-refractivity contribution in [1.82, 2.24) is 4.90 Å². The fraction of sp³-hybridized carbons (Fsp3) is 0.933. The quantitative estimate of drug-likeness (QED) is 0.805. The van der Waals surface area contributed by atoms with Gasteiger partial charge in [0.2, 0.25) is 0 Å². The third-order valence-electron chi connectivity index (χ3n) is 4.97. The van der Waals surface area contributed by atoms with Crippen molar-refractivity contribution in [2.75, 3.05) is 13.7 Å². The van der Waals surface area contributed by atoms with Crippen LogP contribution in [0.15, 0.2) is 0 Å². The first kappa shape index (κ1) is 14.8. The number of nitrogens with zero attached hydrogens (tertiary/aromatic N) is 1. The van der Waals surface area contributed by atoms with Crippen LogP contribution in [0.1, 0.15) is 52.4 Å². The molecular formula is C15H27NO3. The lowest BCUT2D eigenvalue weighted by Crippen LogP contribution is -2.45. The lowest BCUT2D eigenvalue weighted by Gasteiger charge is -2.40. The molecular weight excluding hydrogens is 242 g/mol. The summed E-state index contributed by atoms with van der Waals surface area (Å²) in [6.45, 7) is 5.34. The molecule has 2 aliphatic rings. The van der Waals surface area contributed by atoms with Crippen LogP contribution < -0.4 is 0 Å². The summed E-state index contributed by atoms with van der Waals surface area (Å²) in [4.78, 5) is 13.5. The maximum Gasteiger partial charge on any atom is 0.303 e. The highest BCUT2D eigenvalue weighted by atomic mass is 16.5. The minimum atomic E-state index is -0.640. The van der Waals surface area contributed by atoms with Gasteiger partial charge in [0.1, 0.15) is 0 Å². The van der Waals surface area contributed by atoms with Gasteiger partial charge in [-0.1, -0.05) is 0 Å². The molecule has 19 heavy (non-hydrogen) atoms. The SMILES string of the molecule is COC(C)(C)CCN1C2CCC1CC(CC(=O)O)C2. The van der Waals surface area contributed by atoms with E-state index < -0.39 is 5.97 Å². The summed E-state index contributed by atoms with van der Waals surface area (Å²) in [6, 6.07) is 1.21. The smallest absolute Gasteiger partial charge is 0.303 e. The van der Waals surface area contributed by atoms with E-state index >= 15 is 0 Å². The van der Waals surface area contributed by atoms with E-state index in [1.165, 1.54) is 12.8 Å².